The Morgan fingerprint density at radius 1 is 1.35 bits per heavy atom. The Bertz CT molecular complexity index is 566. The first kappa shape index (κ1) is 18.0. The Kier molecular flexibility index (Phi) is 6.57. The molecule has 0 saturated carbocycles. The number of benzene rings is 1. The van der Waals surface area contributed by atoms with Gasteiger partial charge in [-0.25, -0.2) is 8.42 Å². The maximum Gasteiger partial charge on any atom is 0.244 e. The second-order valence-electron chi connectivity index (χ2n) is 4.54. The molecule has 1 aliphatic rings. The molecule has 0 amide bonds. The lowest BCUT2D eigenvalue weighted by atomic mass is 10.1. The van der Waals surface area contributed by atoms with Gasteiger partial charge < -0.3 is 5.32 Å². The fourth-order valence-corrected chi connectivity index (χ4v) is 4.48. The molecule has 1 aromatic carbocycles. The maximum absolute atomic E-state index is 12.6. The lowest BCUT2D eigenvalue weighted by Crippen LogP contribution is -2.46. The van der Waals surface area contributed by atoms with Crippen molar-refractivity contribution >= 4 is 45.6 Å². The molecule has 0 aromatic heterocycles. The van der Waals surface area contributed by atoms with E-state index in [1.165, 1.54) is 10.4 Å². The molecule has 1 aromatic rings. The number of piperidine rings is 1. The van der Waals surface area contributed by atoms with E-state index in [0.29, 0.717) is 13.1 Å². The van der Waals surface area contributed by atoms with Crippen LogP contribution in [0.15, 0.2) is 23.1 Å². The van der Waals surface area contributed by atoms with Crippen molar-refractivity contribution < 1.29 is 8.42 Å². The molecule has 1 unspecified atom stereocenters. The summed E-state index contributed by atoms with van der Waals surface area (Å²) < 4.78 is 26.6. The van der Waals surface area contributed by atoms with E-state index in [2.05, 4.69) is 5.32 Å². The summed E-state index contributed by atoms with van der Waals surface area (Å²) in [5.41, 5.74) is 0. The molecule has 2 rings (SSSR count). The molecule has 1 saturated heterocycles. The third kappa shape index (κ3) is 3.59. The number of hydrogen-bond acceptors (Lipinski definition) is 3. The number of hydrogen-bond donors (Lipinski definition) is 1. The van der Waals surface area contributed by atoms with E-state index < -0.39 is 10.0 Å². The SMILES string of the molecule is CNC1CCCN(S(=O)(=O)c2cccc(Cl)c2Cl)C1.Cl. The first-order valence-corrected chi connectivity index (χ1v) is 8.28. The Hall–Kier alpha value is -0.0400. The fourth-order valence-electron chi connectivity index (χ4n) is 2.22. The molecular formula is C12H17Cl3N2O2S. The van der Waals surface area contributed by atoms with Crippen LogP contribution in [-0.2, 0) is 10.0 Å². The molecule has 1 atom stereocenters. The molecule has 1 aliphatic heterocycles. The molecule has 114 valence electrons. The summed E-state index contributed by atoms with van der Waals surface area (Å²) >= 11 is 11.9. The number of sulfonamides is 1. The smallest absolute Gasteiger partial charge is 0.244 e. The molecular weight excluding hydrogens is 343 g/mol. The third-order valence-corrected chi connectivity index (χ3v) is 6.16. The van der Waals surface area contributed by atoms with Crippen molar-refractivity contribution in [2.45, 2.75) is 23.8 Å². The molecule has 1 fully saturated rings. The summed E-state index contributed by atoms with van der Waals surface area (Å²) in [5.74, 6) is 0. The summed E-state index contributed by atoms with van der Waals surface area (Å²) in [4.78, 5) is 0.0819. The van der Waals surface area contributed by atoms with Crippen LogP contribution in [0.25, 0.3) is 0 Å². The van der Waals surface area contributed by atoms with E-state index in [1.807, 2.05) is 7.05 Å². The summed E-state index contributed by atoms with van der Waals surface area (Å²) in [6.07, 6.45) is 1.81. The largest absolute Gasteiger partial charge is 0.316 e. The van der Waals surface area contributed by atoms with E-state index in [0.717, 1.165) is 12.8 Å². The number of nitrogens with one attached hydrogen (secondary N) is 1. The van der Waals surface area contributed by atoms with E-state index in [9.17, 15) is 8.42 Å². The van der Waals surface area contributed by atoms with Crippen LogP contribution in [0.3, 0.4) is 0 Å². The van der Waals surface area contributed by atoms with Crippen molar-refractivity contribution in [1.82, 2.24) is 9.62 Å². The molecule has 20 heavy (non-hydrogen) atoms. The average Bonchev–Trinajstić information content (AvgIpc) is 2.41. The minimum atomic E-state index is -3.58. The van der Waals surface area contributed by atoms with Gasteiger partial charge in [0, 0.05) is 19.1 Å². The highest BCUT2D eigenvalue weighted by Crippen LogP contribution is 2.31. The number of rotatable bonds is 3. The monoisotopic (exact) mass is 358 g/mol. The molecule has 8 heteroatoms. The zero-order valence-electron chi connectivity index (χ0n) is 11.0. The van der Waals surface area contributed by atoms with Gasteiger partial charge in [-0.05, 0) is 32.0 Å². The normalized spacial score (nSPS) is 20.4. The van der Waals surface area contributed by atoms with Gasteiger partial charge in [-0.3, -0.25) is 0 Å². The van der Waals surface area contributed by atoms with Gasteiger partial charge >= 0.3 is 0 Å². The minimum Gasteiger partial charge on any atom is -0.316 e. The van der Waals surface area contributed by atoms with Crippen molar-refractivity contribution in [3.05, 3.63) is 28.2 Å². The summed E-state index contributed by atoms with van der Waals surface area (Å²) in [6.45, 7) is 0.977. The van der Waals surface area contributed by atoms with Gasteiger partial charge in [0.1, 0.15) is 4.90 Å². The second kappa shape index (κ2) is 7.29. The Balaban J connectivity index is 0.00000200. The number of nitrogens with zero attached hydrogens (tertiary/aromatic N) is 1. The predicted octanol–water partition coefficient (Wildman–Crippen LogP) is 2.79. The van der Waals surface area contributed by atoms with Crippen molar-refractivity contribution in [3.63, 3.8) is 0 Å². The first-order valence-electron chi connectivity index (χ1n) is 6.08. The van der Waals surface area contributed by atoms with Crippen LogP contribution in [0.1, 0.15) is 12.8 Å². The molecule has 0 bridgehead atoms. The molecule has 1 N–H and O–H groups in total. The lowest BCUT2D eigenvalue weighted by Gasteiger charge is -2.31. The van der Waals surface area contributed by atoms with E-state index >= 15 is 0 Å². The van der Waals surface area contributed by atoms with Crippen molar-refractivity contribution in [1.29, 1.82) is 0 Å². The van der Waals surface area contributed by atoms with Gasteiger partial charge in [0.2, 0.25) is 10.0 Å². The molecule has 0 spiro atoms. The third-order valence-electron chi connectivity index (χ3n) is 3.33. The number of likely N-dealkylation sites (N-methyl/N-ethyl adjacent to an activating group) is 1. The van der Waals surface area contributed by atoms with Gasteiger partial charge in [0.25, 0.3) is 0 Å². The highest BCUT2D eigenvalue weighted by Gasteiger charge is 2.31. The summed E-state index contributed by atoms with van der Waals surface area (Å²) in [5, 5.41) is 3.47. The van der Waals surface area contributed by atoms with Crippen molar-refractivity contribution in [2.24, 2.45) is 0 Å². The van der Waals surface area contributed by atoms with Gasteiger partial charge in [-0.1, -0.05) is 29.3 Å². The standard InChI is InChI=1S/C12H16Cl2N2O2S.ClH/c1-15-9-4-3-7-16(8-9)19(17,18)11-6-2-5-10(13)12(11)14;/h2,5-6,9,15H,3-4,7-8H2,1H3;1H. The van der Waals surface area contributed by atoms with E-state index in [1.54, 1.807) is 12.1 Å². The first-order chi connectivity index (χ1) is 8.96. The van der Waals surface area contributed by atoms with Gasteiger partial charge in [-0.2, -0.15) is 4.31 Å². The summed E-state index contributed by atoms with van der Waals surface area (Å²) in [6, 6.07) is 4.85. The van der Waals surface area contributed by atoms with Crippen LogP contribution in [0.5, 0.6) is 0 Å². The predicted molar refractivity (Wildman–Crippen MR) is 84.6 cm³/mol. The Labute approximate surface area is 135 Å². The Morgan fingerprint density at radius 3 is 2.70 bits per heavy atom. The zero-order valence-corrected chi connectivity index (χ0v) is 14.1. The summed E-state index contributed by atoms with van der Waals surface area (Å²) in [7, 11) is -1.74. The molecule has 0 aliphatic carbocycles. The zero-order chi connectivity index (χ0) is 14.0. The van der Waals surface area contributed by atoms with Crippen LogP contribution < -0.4 is 5.32 Å². The van der Waals surface area contributed by atoms with Crippen LogP contribution in [0, 0.1) is 0 Å². The number of halogens is 3. The van der Waals surface area contributed by atoms with Crippen molar-refractivity contribution in [2.75, 3.05) is 20.1 Å². The topological polar surface area (TPSA) is 49.4 Å². The molecule has 0 radical (unpaired) electrons. The van der Waals surface area contributed by atoms with Crippen molar-refractivity contribution in [3.8, 4) is 0 Å². The van der Waals surface area contributed by atoms with E-state index in [4.69, 9.17) is 23.2 Å². The lowest BCUT2D eigenvalue weighted by molar-refractivity contribution is 0.293. The molecule has 4 nitrogen and oxygen atoms in total. The van der Waals surface area contributed by atoms with Gasteiger partial charge in [0.15, 0.2) is 0 Å². The average molecular weight is 360 g/mol. The van der Waals surface area contributed by atoms with Gasteiger partial charge in [-0.15, -0.1) is 12.4 Å². The second-order valence-corrected chi connectivity index (χ2v) is 7.23. The Morgan fingerprint density at radius 2 is 2.05 bits per heavy atom. The van der Waals surface area contributed by atoms with Crippen LogP contribution in [0.4, 0.5) is 0 Å². The highest BCUT2D eigenvalue weighted by molar-refractivity contribution is 7.89. The fraction of sp³-hybridized carbons (Fsp3) is 0.500. The van der Waals surface area contributed by atoms with E-state index in [-0.39, 0.29) is 33.4 Å². The maximum atomic E-state index is 12.6. The van der Waals surface area contributed by atoms with Gasteiger partial charge in [0.05, 0.1) is 10.0 Å². The quantitative estimate of drug-likeness (QED) is 0.903. The highest BCUT2D eigenvalue weighted by atomic mass is 35.5. The molecule has 1 heterocycles. The van der Waals surface area contributed by atoms with Crippen LogP contribution >= 0.6 is 35.6 Å². The minimum absolute atomic E-state index is 0. The van der Waals surface area contributed by atoms with Crippen LogP contribution in [0.2, 0.25) is 10.0 Å². The van der Waals surface area contributed by atoms with Crippen LogP contribution in [-0.4, -0.2) is 38.9 Å².